The van der Waals surface area contributed by atoms with Crippen LogP contribution in [0.15, 0.2) is 53.4 Å². The summed E-state index contributed by atoms with van der Waals surface area (Å²) in [4.78, 5) is 16.3. The fraction of sp³-hybridized carbons (Fsp3) is 0.316. The van der Waals surface area contributed by atoms with Crippen molar-refractivity contribution in [1.82, 2.24) is 0 Å². The van der Waals surface area contributed by atoms with Crippen LogP contribution in [0, 0.1) is 6.92 Å². The maximum Gasteiger partial charge on any atom is 0.241 e. The molecule has 2 nitrogen and oxygen atoms in total. The summed E-state index contributed by atoms with van der Waals surface area (Å²) in [6, 6.07) is 16.6. The van der Waals surface area contributed by atoms with E-state index in [-0.39, 0.29) is 17.2 Å². The Labute approximate surface area is 136 Å². The molecular weight excluding hydrogens is 290 g/mol. The fourth-order valence-electron chi connectivity index (χ4n) is 2.96. The van der Waals surface area contributed by atoms with Gasteiger partial charge in [0.1, 0.15) is 0 Å². The molecule has 0 radical (unpaired) electrons. The van der Waals surface area contributed by atoms with E-state index in [4.69, 9.17) is 0 Å². The standard InChI is InChI=1S/C19H21NOS/c1-13(2)20(16-10-6-4-8-14(16)3)19(21)18-12-15-9-5-7-11-17(15)22-18/h4-11,13,18H,12H2,1-3H3. The lowest BCUT2D eigenvalue weighted by molar-refractivity contribution is -0.118. The zero-order valence-electron chi connectivity index (χ0n) is 13.2. The number of aryl methyl sites for hydroxylation is 1. The number of rotatable bonds is 3. The molecule has 1 unspecified atom stereocenters. The largest absolute Gasteiger partial charge is 0.309 e. The highest BCUT2D eigenvalue weighted by atomic mass is 32.2. The predicted octanol–water partition coefficient (Wildman–Crippen LogP) is 4.45. The first-order valence-corrected chi connectivity index (χ1v) is 8.59. The topological polar surface area (TPSA) is 20.3 Å². The van der Waals surface area contributed by atoms with E-state index in [0.29, 0.717) is 0 Å². The Morgan fingerprint density at radius 1 is 1.14 bits per heavy atom. The molecule has 0 N–H and O–H groups in total. The highest BCUT2D eigenvalue weighted by molar-refractivity contribution is 8.01. The molecule has 0 saturated heterocycles. The number of hydrogen-bond acceptors (Lipinski definition) is 2. The Morgan fingerprint density at radius 2 is 1.82 bits per heavy atom. The van der Waals surface area contributed by atoms with Gasteiger partial charge in [-0.15, -0.1) is 11.8 Å². The summed E-state index contributed by atoms with van der Waals surface area (Å²) in [7, 11) is 0. The SMILES string of the molecule is Cc1ccccc1N(C(=O)C1Cc2ccccc2S1)C(C)C. The number of benzene rings is 2. The van der Waals surface area contributed by atoms with Crippen molar-refractivity contribution in [1.29, 1.82) is 0 Å². The van der Waals surface area contributed by atoms with Gasteiger partial charge < -0.3 is 4.90 Å². The Balaban J connectivity index is 1.88. The van der Waals surface area contributed by atoms with Crippen LogP contribution in [0.25, 0.3) is 0 Å². The van der Waals surface area contributed by atoms with Crippen LogP contribution in [0.4, 0.5) is 5.69 Å². The van der Waals surface area contributed by atoms with E-state index in [0.717, 1.165) is 17.7 Å². The number of carbonyl (C=O) groups is 1. The van der Waals surface area contributed by atoms with Gasteiger partial charge in [0, 0.05) is 16.6 Å². The van der Waals surface area contributed by atoms with Crippen molar-refractivity contribution in [3.63, 3.8) is 0 Å². The average Bonchev–Trinajstić information content (AvgIpc) is 2.93. The Bertz CT molecular complexity index is 670. The second-order valence-corrected chi connectivity index (χ2v) is 7.25. The molecule has 1 atom stereocenters. The van der Waals surface area contributed by atoms with Gasteiger partial charge in [-0.3, -0.25) is 4.79 Å². The van der Waals surface area contributed by atoms with Crippen molar-refractivity contribution < 1.29 is 4.79 Å². The first kappa shape index (κ1) is 15.2. The number of thioether (sulfide) groups is 1. The summed E-state index contributed by atoms with van der Waals surface area (Å²) in [5, 5.41) is -0.0144. The van der Waals surface area contributed by atoms with Crippen molar-refractivity contribution in [3.8, 4) is 0 Å². The van der Waals surface area contributed by atoms with Crippen LogP contribution in [-0.4, -0.2) is 17.2 Å². The molecule has 1 aliphatic heterocycles. The molecule has 3 heteroatoms. The molecule has 22 heavy (non-hydrogen) atoms. The predicted molar refractivity (Wildman–Crippen MR) is 93.6 cm³/mol. The number of para-hydroxylation sites is 1. The highest BCUT2D eigenvalue weighted by Crippen LogP contribution is 2.38. The average molecular weight is 311 g/mol. The van der Waals surface area contributed by atoms with Crippen molar-refractivity contribution in [3.05, 3.63) is 59.7 Å². The summed E-state index contributed by atoms with van der Waals surface area (Å²) in [6.07, 6.45) is 0.828. The molecule has 114 valence electrons. The van der Waals surface area contributed by atoms with Gasteiger partial charge in [0.15, 0.2) is 0 Å². The van der Waals surface area contributed by atoms with Gasteiger partial charge in [0.05, 0.1) is 5.25 Å². The molecule has 2 aromatic carbocycles. The van der Waals surface area contributed by atoms with Crippen LogP contribution < -0.4 is 4.90 Å². The van der Waals surface area contributed by atoms with E-state index in [2.05, 4.69) is 39.0 Å². The minimum Gasteiger partial charge on any atom is -0.309 e. The summed E-state index contributed by atoms with van der Waals surface area (Å²) in [5.41, 5.74) is 3.46. The van der Waals surface area contributed by atoms with Crippen molar-refractivity contribution in [2.75, 3.05) is 4.90 Å². The van der Waals surface area contributed by atoms with E-state index in [1.165, 1.54) is 10.5 Å². The normalized spacial score (nSPS) is 16.6. The first-order valence-electron chi connectivity index (χ1n) is 7.71. The molecule has 3 rings (SSSR count). The Morgan fingerprint density at radius 3 is 2.50 bits per heavy atom. The second-order valence-electron chi connectivity index (χ2n) is 6.01. The summed E-state index contributed by atoms with van der Waals surface area (Å²) >= 11 is 1.70. The maximum atomic E-state index is 13.1. The summed E-state index contributed by atoms with van der Waals surface area (Å²) in [5.74, 6) is 0.213. The van der Waals surface area contributed by atoms with Gasteiger partial charge in [-0.1, -0.05) is 36.4 Å². The second kappa shape index (κ2) is 6.17. The first-order chi connectivity index (χ1) is 10.6. The third-order valence-corrected chi connectivity index (χ3v) is 5.36. The molecule has 1 aliphatic rings. The molecule has 0 fully saturated rings. The number of carbonyl (C=O) groups excluding carboxylic acids is 1. The molecule has 0 bridgehead atoms. The zero-order valence-corrected chi connectivity index (χ0v) is 14.1. The molecule has 2 aromatic rings. The van der Waals surface area contributed by atoms with Crippen molar-refractivity contribution >= 4 is 23.4 Å². The minimum atomic E-state index is -0.0144. The summed E-state index contributed by atoms with van der Waals surface area (Å²) in [6.45, 7) is 6.22. The van der Waals surface area contributed by atoms with Crippen LogP contribution in [0.2, 0.25) is 0 Å². The lowest BCUT2D eigenvalue weighted by Crippen LogP contribution is -2.42. The quantitative estimate of drug-likeness (QED) is 0.834. The molecular formula is C19H21NOS. The van der Waals surface area contributed by atoms with Crippen LogP contribution in [0.1, 0.15) is 25.0 Å². The van der Waals surface area contributed by atoms with Gasteiger partial charge in [-0.2, -0.15) is 0 Å². The van der Waals surface area contributed by atoms with E-state index in [1.54, 1.807) is 11.8 Å². The highest BCUT2D eigenvalue weighted by Gasteiger charge is 2.33. The molecule has 0 saturated carbocycles. The molecule has 0 aliphatic carbocycles. The van der Waals surface area contributed by atoms with Crippen LogP contribution in [0.3, 0.4) is 0 Å². The third-order valence-electron chi connectivity index (χ3n) is 4.05. The van der Waals surface area contributed by atoms with Crippen LogP contribution in [0.5, 0.6) is 0 Å². The maximum absolute atomic E-state index is 13.1. The van der Waals surface area contributed by atoms with E-state index in [1.807, 2.05) is 35.2 Å². The number of fused-ring (bicyclic) bond motifs is 1. The minimum absolute atomic E-state index is 0.0144. The molecule has 0 spiro atoms. The van der Waals surface area contributed by atoms with Gasteiger partial charge >= 0.3 is 0 Å². The lowest BCUT2D eigenvalue weighted by atomic mass is 10.1. The van der Waals surface area contributed by atoms with Crippen LogP contribution >= 0.6 is 11.8 Å². The van der Waals surface area contributed by atoms with Gasteiger partial charge in [0.2, 0.25) is 5.91 Å². The fourth-order valence-corrected chi connectivity index (χ4v) is 4.20. The van der Waals surface area contributed by atoms with Crippen molar-refractivity contribution in [2.24, 2.45) is 0 Å². The monoisotopic (exact) mass is 311 g/mol. The summed E-state index contributed by atoms with van der Waals surface area (Å²) < 4.78 is 0. The number of nitrogens with zero attached hydrogens (tertiary/aromatic N) is 1. The van der Waals surface area contributed by atoms with E-state index < -0.39 is 0 Å². The molecule has 0 aromatic heterocycles. The van der Waals surface area contributed by atoms with Gasteiger partial charge in [-0.05, 0) is 50.5 Å². The van der Waals surface area contributed by atoms with Crippen molar-refractivity contribution in [2.45, 2.75) is 43.4 Å². The number of anilines is 1. The van der Waals surface area contributed by atoms with Gasteiger partial charge in [-0.25, -0.2) is 0 Å². The Hall–Kier alpha value is -1.74. The third kappa shape index (κ3) is 2.78. The van der Waals surface area contributed by atoms with Crippen LogP contribution in [-0.2, 0) is 11.2 Å². The molecule has 1 heterocycles. The lowest BCUT2D eigenvalue weighted by Gasteiger charge is -2.30. The van der Waals surface area contributed by atoms with E-state index >= 15 is 0 Å². The Kier molecular flexibility index (Phi) is 4.25. The molecule has 1 amide bonds. The zero-order chi connectivity index (χ0) is 15.7. The number of hydrogen-bond donors (Lipinski definition) is 0. The smallest absolute Gasteiger partial charge is 0.241 e. The van der Waals surface area contributed by atoms with Gasteiger partial charge in [0.25, 0.3) is 0 Å². The van der Waals surface area contributed by atoms with E-state index in [9.17, 15) is 4.79 Å². The number of amides is 1.